The van der Waals surface area contributed by atoms with Gasteiger partial charge in [0.05, 0.1) is 25.4 Å². The molecule has 0 bridgehead atoms. The van der Waals surface area contributed by atoms with Crippen LogP contribution in [0.5, 0.6) is 0 Å². The van der Waals surface area contributed by atoms with E-state index >= 15 is 0 Å². The van der Waals surface area contributed by atoms with Crippen molar-refractivity contribution in [3.05, 3.63) is 24.0 Å². The van der Waals surface area contributed by atoms with Gasteiger partial charge < -0.3 is 44.5 Å². The van der Waals surface area contributed by atoms with Crippen LogP contribution in [0.25, 0.3) is 0 Å². The van der Waals surface area contributed by atoms with Crippen LogP contribution in [0.1, 0.15) is 6.92 Å². The summed E-state index contributed by atoms with van der Waals surface area (Å²) in [5.41, 5.74) is 0.533. The van der Waals surface area contributed by atoms with Crippen LogP contribution >= 0.6 is 0 Å². The zero-order valence-electron chi connectivity index (χ0n) is 14.6. The molecule has 152 valence electrons. The van der Waals surface area contributed by atoms with Crippen LogP contribution in [-0.2, 0) is 23.7 Å². The van der Waals surface area contributed by atoms with Gasteiger partial charge in [-0.25, -0.2) is 0 Å². The van der Waals surface area contributed by atoms with Crippen LogP contribution < -0.4 is 0 Å². The van der Waals surface area contributed by atoms with Gasteiger partial charge in [-0.1, -0.05) is 0 Å². The Bertz CT molecular complexity index is 603. The Morgan fingerprint density at radius 2 is 1.89 bits per heavy atom. The third kappa shape index (κ3) is 3.87. The van der Waals surface area contributed by atoms with Crippen molar-refractivity contribution >= 4 is 5.97 Å². The maximum absolute atomic E-state index is 11.3. The lowest BCUT2D eigenvalue weighted by atomic mass is 9.88. The van der Waals surface area contributed by atoms with Gasteiger partial charge in [-0.05, 0) is 17.7 Å². The molecule has 3 aliphatic rings. The van der Waals surface area contributed by atoms with Gasteiger partial charge in [-0.3, -0.25) is 4.79 Å². The fourth-order valence-corrected chi connectivity index (χ4v) is 3.66. The summed E-state index contributed by atoms with van der Waals surface area (Å²) in [5.74, 6) is -1.34. The third-order valence-corrected chi connectivity index (χ3v) is 5.01. The number of ether oxygens (including phenoxy) is 4. The summed E-state index contributed by atoms with van der Waals surface area (Å²) in [4.78, 5) is 11.3. The predicted molar refractivity (Wildman–Crippen MR) is 86.6 cm³/mol. The molecule has 5 N–H and O–H groups in total. The van der Waals surface area contributed by atoms with E-state index in [9.17, 15) is 30.3 Å². The molecule has 0 aromatic carbocycles. The summed E-state index contributed by atoms with van der Waals surface area (Å²) < 4.78 is 21.7. The number of hydrogen-bond donors (Lipinski definition) is 5. The van der Waals surface area contributed by atoms with E-state index in [1.165, 1.54) is 13.2 Å². The molecule has 2 heterocycles. The van der Waals surface area contributed by atoms with E-state index in [0.717, 1.165) is 0 Å². The van der Waals surface area contributed by atoms with Crippen molar-refractivity contribution in [3.8, 4) is 0 Å². The minimum Gasteiger partial charge on any atom is -0.472 e. The molecule has 1 saturated heterocycles. The number of carbonyl (C=O) groups excluding carboxylic acids is 1. The Balaban J connectivity index is 1.76. The summed E-state index contributed by atoms with van der Waals surface area (Å²) in [5, 5.41) is 48.8. The van der Waals surface area contributed by atoms with Crippen molar-refractivity contribution in [1.29, 1.82) is 0 Å². The minimum atomic E-state index is -1.58. The molecule has 2 aliphatic heterocycles. The molecule has 0 aromatic heterocycles. The number of esters is 1. The molecule has 0 radical (unpaired) electrons. The average molecular weight is 388 g/mol. The van der Waals surface area contributed by atoms with Crippen molar-refractivity contribution in [3.63, 3.8) is 0 Å². The number of aliphatic hydroxyl groups is 5. The van der Waals surface area contributed by atoms with Crippen LogP contribution in [0.3, 0.4) is 0 Å². The van der Waals surface area contributed by atoms with Crippen LogP contribution in [0.15, 0.2) is 24.0 Å². The summed E-state index contributed by atoms with van der Waals surface area (Å²) in [6.07, 6.45) is -4.11. The zero-order chi connectivity index (χ0) is 19.7. The number of fused-ring (bicyclic) bond motifs is 1. The maximum Gasteiger partial charge on any atom is 0.303 e. The summed E-state index contributed by atoms with van der Waals surface area (Å²) >= 11 is 0. The lowest BCUT2D eigenvalue weighted by molar-refractivity contribution is -0.339. The first kappa shape index (κ1) is 20.2. The van der Waals surface area contributed by atoms with Crippen molar-refractivity contribution in [1.82, 2.24) is 0 Å². The molecule has 3 rings (SSSR count). The average Bonchev–Trinajstić information content (AvgIpc) is 3.00. The summed E-state index contributed by atoms with van der Waals surface area (Å²) in [6.45, 7) is 0.383. The molecule has 9 atom stereocenters. The minimum absolute atomic E-state index is 0.315. The summed E-state index contributed by atoms with van der Waals surface area (Å²) in [7, 11) is 0. The lowest BCUT2D eigenvalue weighted by Gasteiger charge is -2.42. The first-order valence-electron chi connectivity index (χ1n) is 8.64. The van der Waals surface area contributed by atoms with E-state index in [-0.39, 0.29) is 12.5 Å². The molecule has 27 heavy (non-hydrogen) atoms. The number of rotatable bonds is 5. The van der Waals surface area contributed by atoms with Gasteiger partial charge in [0.15, 0.2) is 6.29 Å². The predicted octanol–water partition coefficient (Wildman–Crippen LogP) is -2.23. The highest BCUT2D eigenvalue weighted by molar-refractivity contribution is 5.66. The van der Waals surface area contributed by atoms with Gasteiger partial charge in [0, 0.05) is 12.8 Å². The Labute approximate surface area is 155 Å². The Kier molecular flexibility index (Phi) is 6.16. The highest BCUT2D eigenvalue weighted by Crippen LogP contribution is 2.42. The standard InChI is InChI=1S/C17H24O10/c1-7(20)25-10-4-8(5-18)12-9(10)2-3-24-16(12)27-17-15(23)14(22)13(21)11(6-19)26-17/h2-4,9-19,21-23H,5-6H2,1H3/t9-,10+,11+,12+,13+,14-,15+,16-,17-/m0/s1. The molecule has 10 nitrogen and oxygen atoms in total. The Morgan fingerprint density at radius 1 is 1.15 bits per heavy atom. The Morgan fingerprint density at radius 3 is 2.52 bits per heavy atom. The highest BCUT2D eigenvalue weighted by Gasteiger charge is 2.49. The van der Waals surface area contributed by atoms with Gasteiger partial charge >= 0.3 is 5.97 Å². The van der Waals surface area contributed by atoms with Gasteiger partial charge in [0.1, 0.15) is 30.5 Å². The molecule has 0 saturated carbocycles. The normalized spacial score (nSPS) is 43.6. The van der Waals surface area contributed by atoms with E-state index in [1.54, 1.807) is 12.2 Å². The third-order valence-electron chi connectivity index (χ3n) is 5.01. The monoisotopic (exact) mass is 388 g/mol. The SMILES string of the molecule is CC(=O)O[C@@H]1C=C(CO)[C@H]2[C@H](O[C@@H]3O[C@H](CO)[C@@H](O)[C@H](O)[C@H]3O)OC=C[C@H]21. The van der Waals surface area contributed by atoms with Gasteiger partial charge in [0.2, 0.25) is 6.29 Å². The molecular weight excluding hydrogens is 364 g/mol. The van der Waals surface area contributed by atoms with E-state index in [0.29, 0.717) is 5.57 Å². The smallest absolute Gasteiger partial charge is 0.303 e. The number of aliphatic hydroxyl groups excluding tert-OH is 5. The van der Waals surface area contributed by atoms with Crippen molar-refractivity contribution in [2.75, 3.05) is 13.2 Å². The van der Waals surface area contributed by atoms with Crippen LogP contribution in [0.2, 0.25) is 0 Å². The fourth-order valence-electron chi connectivity index (χ4n) is 3.66. The van der Waals surface area contributed by atoms with Gasteiger partial charge in [0.25, 0.3) is 0 Å². The van der Waals surface area contributed by atoms with Crippen molar-refractivity contribution < 1.29 is 49.3 Å². The van der Waals surface area contributed by atoms with E-state index in [1.807, 2.05) is 0 Å². The van der Waals surface area contributed by atoms with Gasteiger partial charge in [-0.2, -0.15) is 0 Å². The second-order valence-corrected chi connectivity index (χ2v) is 6.74. The molecular formula is C17H24O10. The first-order valence-corrected chi connectivity index (χ1v) is 8.64. The molecule has 0 unspecified atom stereocenters. The summed E-state index contributed by atoms with van der Waals surface area (Å²) in [6, 6.07) is 0. The maximum atomic E-state index is 11.3. The van der Waals surface area contributed by atoms with E-state index in [2.05, 4.69) is 0 Å². The topological polar surface area (TPSA) is 155 Å². The molecule has 0 spiro atoms. The molecule has 0 aromatic rings. The first-order chi connectivity index (χ1) is 12.9. The molecule has 0 amide bonds. The second-order valence-electron chi connectivity index (χ2n) is 6.74. The van der Waals surface area contributed by atoms with E-state index in [4.69, 9.17) is 18.9 Å². The van der Waals surface area contributed by atoms with Crippen molar-refractivity contribution in [2.45, 2.75) is 50.0 Å². The van der Waals surface area contributed by atoms with Crippen LogP contribution in [-0.4, -0.2) is 87.8 Å². The van der Waals surface area contributed by atoms with Crippen LogP contribution in [0, 0.1) is 11.8 Å². The quantitative estimate of drug-likeness (QED) is 0.258. The second kappa shape index (κ2) is 8.23. The molecule has 1 aliphatic carbocycles. The van der Waals surface area contributed by atoms with Crippen LogP contribution in [0.4, 0.5) is 0 Å². The lowest BCUT2D eigenvalue weighted by Crippen LogP contribution is -2.60. The fraction of sp³-hybridized carbons (Fsp3) is 0.706. The van der Waals surface area contributed by atoms with E-state index < -0.39 is 61.6 Å². The number of carbonyl (C=O) groups is 1. The largest absolute Gasteiger partial charge is 0.472 e. The Hall–Kier alpha value is -1.53. The molecule has 1 fully saturated rings. The number of hydrogen-bond acceptors (Lipinski definition) is 10. The highest BCUT2D eigenvalue weighted by atomic mass is 16.8. The van der Waals surface area contributed by atoms with Gasteiger partial charge in [-0.15, -0.1) is 0 Å². The molecule has 10 heteroatoms. The van der Waals surface area contributed by atoms with Crippen molar-refractivity contribution in [2.24, 2.45) is 11.8 Å². The zero-order valence-corrected chi connectivity index (χ0v) is 14.6.